The molecule has 1 heterocycles. The van der Waals surface area contributed by atoms with Gasteiger partial charge in [-0.2, -0.15) is 0 Å². The summed E-state index contributed by atoms with van der Waals surface area (Å²) in [6.45, 7) is 2.75. The van der Waals surface area contributed by atoms with Crippen molar-refractivity contribution in [3.63, 3.8) is 0 Å². The summed E-state index contributed by atoms with van der Waals surface area (Å²) in [6, 6.07) is 7.23. The molecule has 0 bridgehead atoms. The van der Waals surface area contributed by atoms with E-state index in [2.05, 4.69) is 0 Å². The zero-order chi connectivity index (χ0) is 12.8. The third kappa shape index (κ3) is 1.97. The van der Waals surface area contributed by atoms with Gasteiger partial charge in [0.05, 0.1) is 16.8 Å². The number of hydrogen-bond acceptors (Lipinski definition) is 3. The van der Waals surface area contributed by atoms with Crippen molar-refractivity contribution in [1.82, 2.24) is 0 Å². The second kappa shape index (κ2) is 4.07. The molecule has 1 aromatic carbocycles. The van der Waals surface area contributed by atoms with Crippen LogP contribution in [0.3, 0.4) is 0 Å². The highest BCUT2D eigenvalue weighted by atomic mass is 32.2. The number of epoxide rings is 1. The van der Waals surface area contributed by atoms with Crippen LogP contribution in [0, 0.1) is 0 Å². The Labute approximate surface area is 108 Å². The van der Waals surface area contributed by atoms with E-state index in [1.807, 2.05) is 19.1 Å². The van der Waals surface area contributed by atoms with E-state index in [1.165, 1.54) is 0 Å². The molecule has 18 heavy (non-hydrogen) atoms. The summed E-state index contributed by atoms with van der Waals surface area (Å²) in [5.41, 5.74) is 0.878. The van der Waals surface area contributed by atoms with Crippen molar-refractivity contribution < 1.29 is 13.2 Å². The lowest BCUT2D eigenvalue weighted by Crippen LogP contribution is -2.17. The van der Waals surface area contributed by atoms with Crippen molar-refractivity contribution >= 4 is 9.84 Å². The van der Waals surface area contributed by atoms with Crippen molar-refractivity contribution in [2.24, 2.45) is 0 Å². The average Bonchev–Trinajstić information content (AvgIpc) is 2.92. The highest BCUT2D eigenvalue weighted by Crippen LogP contribution is 2.38. The van der Waals surface area contributed by atoms with E-state index in [4.69, 9.17) is 4.74 Å². The summed E-state index contributed by atoms with van der Waals surface area (Å²) in [5.74, 6) is 0. The molecule has 0 radical (unpaired) electrons. The summed E-state index contributed by atoms with van der Waals surface area (Å²) < 4.78 is 30.1. The van der Waals surface area contributed by atoms with Crippen LogP contribution in [0.5, 0.6) is 0 Å². The van der Waals surface area contributed by atoms with Crippen LogP contribution in [0.25, 0.3) is 0 Å². The first kappa shape index (κ1) is 12.2. The Morgan fingerprint density at radius 2 is 1.72 bits per heavy atom. The maximum absolute atomic E-state index is 12.4. The summed E-state index contributed by atoms with van der Waals surface area (Å²) in [5, 5.41) is -0.170. The minimum Gasteiger partial charge on any atom is -0.365 e. The summed E-state index contributed by atoms with van der Waals surface area (Å²) in [4.78, 5) is 0.461. The molecule has 0 N–H and O–H groups in total. The second-order valence-electron chi connectivity index (χ2n) is 5.50. The smallest absolute Gasteiger partial charge is 0.181 e. The molecule has 1 aromatic rings. The molecule has 2 fully saturated rings. The Bertz CT molecular complexity index is 535. The van der Waals surface area contributed by atoms with Gasteiger partial charge in [-0.05, 0) is 37.5 Å². The van der Waals surface area contributed by atoms with E-state index >= 15 is 0 Å². The predicted octanol–water partition coefficient (Wildman–Crippen LogP) is 2.65. The average molecular weight is 266 g/mol. The van der Waals surface area contributed by atoms with E-state index in [0.717, 1.165) is 37.9 Å². The zero-order valence-corrected chi connectivity index (χ0v) is 11.4. The van der Waals surface area contributed by atoms with Crippen LogP contribution >= 0.6 is 0 Å². The Morgan fingerprint density at radius 3 is 2.22 bits per heavy atom. The van der Waals surface area contributed by atoms with Gasteiger partial charge in [-0.1, -0.05) is 25.0 Å². The first-order chi connectivity index (χ1) is 8.52. The second-order valence-corrected chi connectivity index (χ2v) is 7.72. The third-order valence-corrected chi connectivity index (χ3v) is 6.39. The molecule has 1 saturated carbocycles. The van der Waals surface area contributed by atoms with Crippen LogP contribution in [0.4, 0.5) is 0 Å². The molecule has 98 valence electrons. The van der Waals surface area contributed by atoms with Crippen molar-refractivity contribution in [2.45, 2.75) is 48.4 Å². The minimum absolute atomic E-state index is 0.170. The SMILES string of the molecule is CC1(c2ccc(S(=O)(=O)C3CCCC3)cc2)CO1. The monoisotopic (exact) mass is 266 g/mol. The fourth-order valence-corrected chi connectivity index (χ4v) is 4.52. The number of hydrogen-bond donors (Lipinski definition) is 0. The lowest BCUT2D eigenvalue weighted by atomic mass is 10.0. The topological polar surface area (TPSA) is 46.7 Å². The van der Waals surface area contributed by atoms with Gasteiger partial charge < -0.3 is 4.74 Å². The van der Waals surface area contributed by atoms with E-state index in [1.54, 1.807) is 12.1 Å². The molecule has 1 saturated heterocycles. The number of sulfone groups is 1. The van der Waals surface area contributed by atoms with Crippen LogP contribution < -0.4 is 0 Å². The molecule has 3 nitrogen and oxygen atoms in total. The van der Waals surface area contributed by atoms with Gasteiger partial charge in [0.1, 0.15) is 5.60 Å². The summed E-state index contributed by atoms with van der Waals surface area (Å²) in [6.07, 6.45) is 3.69. The van der Waals surface area contributed by atoms with Gasteiger partial charge in [-0.3, -0.25) is 0 Å². The van der Waals surface area contributed by atoms with Crippen LogP contribution in [0.2, 0.25) is 0 Å². The van der Waals surface area contributed by atoms with E-state index in [-0.39, 0.29) is 10.9 Å². The van der Waals surface area contributed by atoms with E-state index in [9.17, 15) is 8.42 Å². The Balaban J connectivity index is 1.88. The maximum atomic E-state index is 12.4. The molecule has 2 aliphatic rings. The largest absolute Gasteiger partial charge is 0.365 e. The summed E-state index contributed by atoms with van der Waals surface area (Å²) in [7, 11) is -3.12. The molecule has 4 heteroatoms. The number of ether oxygens (including phenoxy) is 1. The van der Waals surface area contributed by atoms with Crippen LogP contribution in [-0.2, 0) is 20.2 Å². The van der Waals surface area contributed by atoms with Gasteiger partial charge in [-0.15, -0.1) is 0 Å². The van der Waals surface area contributed by atoms with Crippen LogP contribution in [0.1, 0.15) is 38.2 Å². The molecule has 1 aliphatic heterocycles. The van der Waals surface area contributed by atoms with Crippen molar-refractivity contribution in [3.05, 3.63) is 29.8 Å². The van der Waals surface area contributed by atoms with Gasteiger partial charge in [-0.25, -0.2) is 8.42 Å². The molecular weight excluding hydrogens is 248 g/mol. The molecule has 0 aromatic heterocycles. The van der Waals surface area contributed by atoms with Gasteiger partial charge in [0.15, 0.2) is 9.84 Å². The lowest BCUT2D eigenvalue weighted by Gasteiger charge is -2.12. The lowest BCUT2D eigenvalue weighted by molar-refractivity contribution is 0.329. The third-order valence-electron chi connectivity index (χ3n) is 4.11. The Hall–Kier alpha value is -0.870. The molecule has 0 amide bonds. The predicted molar refractivity (Wildman–Crippen MR) is 69.2 cm³/mol. The highest BCUT2D eigenvalue weighted by molar-refractivity contribution is 7.92. The van der Waals surface area contributed by atoms with Crippen LogP contribution in [-0.4, -0.2) is 20.3 Å². The van der Waals surface area contributed by atoms with Crippen molar-refractivity contribution in [1.29, 1.82) is 0 Å². The first-order valence-corrected chi connectivity index (χ1v) is 8.05. The molecule has 0 spiro atoms. The van der Waals surface area contributed by atoms with E-state index < -0.39 is 9.84 Å². The van der Waals surface area contributed by atoms with Gasteiger partial charge in [0.2, 0.25) is 0 Å². The maximum Gasteiger partial charge on any atom is 0.181 e. The number of benzene rings is 1. The normalized spacial score (nSPS) is 28.5. The summed E-state index contributed by atoms with van der Waals surface area (Å²) >= 11 is 0. The van der Waals surface area contributed by atoms with Gasteiger partial charge in [0.25, 0.3) is 0 Å². The fraction of sp³-hybridized carbons (Fsp3) is 0.571. The van der Waals surface area contributed by atoms with Crippen LogP contribution in [0.15, 0.2) is 29.2 Å². The van der Waals surface area contributed by atoms with Gasteiger partial charge in [0, 0.05) is 0 Å². The van der Waals surface area contributed by atoms with Gasteiger partial charge >= 0.3 is 0 Å². The molecule has 1 unspecified atom stereocenters. The molecule has 1 atom stereocenters. The number of rotatable bonds is 3. The molecule has 1 aliphatic carbocycles. The first-order valence-electron chi connectivity index (χ1n) is 6.51. The Kier molecular flexibility index (Phi) is 2.75. The standard InChI is InChI=1S/C14H18O3S/c1-14(10-17-14)11-6-8-13(9-7-11)18(15,16)12-4-2-3-5-12/h6-9,12H,2-5,10H2,1H3. The zero-order valence-electron chi connectivity index (χ0n) is 10.6. The van der Waals surface area contributed by atoms with Crippen molar-refractivity contribution in [2.75, 3.05) is 6.61 Å². The molecule has 3 rings (SSSR count). The quantitative estimate of drug-likeness (QED) is 0.790. The van der Waals surface area contributed by atoms with E-state index in [0.29, 0.717) is 4.90 Å². The fourth-order valence-electron chi connectivity index (χ4n) is 2.66. The highest BCUT2D eigenvalue weighted by Gasteiger charge is 2.41. The van der Waals surface area contributed by atoms with Crippen molar-refractivity contribution in [3.8, 4) is 0 Å². The Morgan fingerprint density at radius 1 is 1.17 bits per heavy atom. The molecular formula is C14H18O3S. The minimum atomic E-state index is -3.12.